The molecule has 0 spiro atoms. The third-order valence-corrected chi connectivity index (χ3v) is 10.3. The normalized spacial score (nSPS) is 30.0. The van der Waals surface area contributed by atoms with E-state index < -0.39 is 38.2 Å². The number of sulfone groups is 1. The van der Waals surface area contributed by atoms with E-state index in [2.05, 4.69) is 0 Å². The van der Waals surface area contributed by atoms with Gasteiger partial charge in [-0.3, -0.25) is 9.59 Å². The third kappa shape index (κ3) is 4.30. The van der Waals surface area contributed by atoms with Gasteiger partial charge in [0.15, 0.2) is 9.84 Å². The summed E-state index contributed by atoms with van der Waals surface area (Å²) in [6, 6.07) is 4.60. The van der Waals surface area contributed by atoms with E-state index >= 15 is 0 Å². The summed E-state index contributed by atoms with van der Waals surface area (Å²) in [7, 11) is -4.05. The number of nitrogens with zero attached hydrogens (tertiary/aromatic N) is 1. The minimum atomic E-state index is -4.05. The van der Waals surface area contributed by atoms with E-state index in [-0.39, 0.29) is 48.5 Å². The molecular formula is C25H29F2NO5S. The predicted molar refractivity (Wildman–Crippen MR) is 122 cm³/mol. The maximum atomic E-state index is 14.6. The molecule has 4 rings (SSSR count). The number of rotatable bonds is 5. The van der Waals surface area contributed by atoms with E-state index in [1.165, 1.54) is 12.1 Å². The van der Waals surface area contributed by atoms with Crippen LogP contribution in [0.25, 0.3) is 0 Å². The molecule has 1 saturated carbocycles. The van der Waals surface area contributed by atoms with Crippen molar-refractivity contribution in [3.05, 3.63) is 53.6 Å². The van der Waals surface area contributed by atoms with Gasteiger partial charge >= 0.3 is 5.97 Å². The second-order valence-corrected chi connectivity index (χ2v) is 12.0. The van der Waals surface area contributed by atoms with E-state index in [9.17, 15) is 31.9 Å². The van der Waals surface area contributed by atoms with Crippen molar-refractivity contribution in [2.24, 2.45) is 17.8 Å². The number of hydrogen-bond donors (Lipinski definition) is 1. The predicted octanol–water partition coefficient (Wildman–Crippen LogP) is 4.28. The molecule has 0 bridgehead atoms. The van der Waals surface area contributed by atoms with Gasteiger partial charge in [-0.25, -0.2) is 17.2 Å². The average molecular weight is 494 g/mol. The first-order valence-corrected chi connectivity index (χ1v) is 13.1. The Morgan fingerprint density at radius 2 is 1.68 bits per heavy atom. The van der Waals surface area contributed by atoms with Crippen LogP contribution in [-0.4, -0.2) is 48.1 Å². The lowest BCUT2D eigenvalue weighted by Gasteiger charge is -2.37. The summed E-state index contributed by atoms with van der Waals surface area (Å²) in [6.07, 6.45) is 5.10. The van der Waals surface area contributed by atoms with Crippen LogP contribution >= 0.6 is 0 Å². The highest BCUT2D eigenvalue weighted by Crippen LogP contribution is 2.46. The van der Waals surface area contributed by atoms with Gasteiger partial charge in [0, 0.05) is 31.3 Å². The Hall–Kier alpha value is -2.55. The number of amides is 1. The molecule has 1 aromatic rings. The van der Waals surface area contributed by atoms with Crippen molar-refractivity contribution in [3.8, 4) is 0 Å². The molecule has 1 aliphatic heterocycles. The number of aliphatic carboxylic acids is 1. The number of allylic oxidation sites excluding steroid dienone is 4. The molecule has 9 heteroatoms. The standard InChI is InChI=1S/C25H29F2NO5S/c1-16-2-7-19(14-22(16)27)25(34(32,33)21-10-8-20(26)9-11-21)12-13-28(15-25)23(29)17-3-5-18(6-4-17)24(30)31/h2,7-11,17-19H,3-6,12-15H2,1H3,(H,30,31)/t17-,18-,19?,25-/m0/s1. The number of benzene rings is 1. The summed E-state index contributed by atoms with van der Waals surface area (Å²) < 4.78 is 54.5. The molecule has 1 amide bonds. The Morgan fingerprint density at radius 1 is 1.06 bits per heavy atom. The van der Waals surface area contributed by atoms with Crippen molar-refractivity contribution in [1.29, 1.82) is 0 Å². The summed E-state index contributed by atoms with van der Waals surface area (Å²) in [5.41, 5.74) is 0.451. The van der Waals surface area contributed by atoms with Gasteiger partial charge in [0.2, 0.25) is 5.91 Å². The molecule has 1 heterocycles. The molecule has 2 aliphatic carbocycles. The Bertz CT molecular complexity index is 1140. The molecule has 1 unspecified atom stereocenters. The SMILES string of the molecule is CC1=C(F)CC([C@]2(S(=O)(=O)c3ccc(F)cc3)CCN(C(=O)[C@H]3CC[C@H](C(=O)O)CC3)C2)C=C1. The van der Waals surface area contributed by atoms with E-state index in [1.807, 2.05) is 0 Å². The van der Waals surface area contributed by atoms with Crippen LogP contribution in [0.2, 0.25) is 0 Å². The first-order chi connectivity index (χ1) is 16.0. The van der Waals surface area contributed by atoms with Gasteiger partial charge in [0.05, 0.1) is 10.8 Å². The fourth-order valence-corrected chi connectivity index (χ4v) is 7.75. The molecule has 1 aromatic carbocycles. The Morgan fingerprint density at radius 3 is 2.26 bits per heavy atom. The quantitative estimate of drug-likeness (QED) is 0.618. The molecule has 6 nitrogen and oxygen atoms in total. The maximum absolute atomic E-state index is 14.6. The van der Waals surface area contributed by atoms with Crippen LogP contribution in [0.4, 0.5) is 8.78 Å². The van der Waals surface area contributed by atoms with Crippen molar-refractivity contribution in [1.82, 2.24) is 4.90 Å². The van der Waals surface area contributed by atoms with Gasteiger partial charge in [0.25, 0.3) is 0 Å². The van der Waals surface area contributed by atoms with Crippen molar-refractivity contribution in [3.63, 3.8) is 0 Å². The molecule has 1 N–H and O–H groups in total. The van der Waals surface area contributed by atoms with Crippen LogP contribution in [0.15, 0.2) is 52.7 Å². The van der Waals surface area contributed by atoms with Crippen molar-refractivity contribution >= 4 is 21.7 Å². The maximum Gasteiger partial charge on any atom is 0.306 e. The largest absolute Gasteiger partial charge is 0.481 e. The van der Waals surface area contributed by atoms with Crippen LogP contribution in [0, 0.1) is 23.6 Å². The molecule has 0 aromatic heterocycles. The molecule has 1 saturated heterocycles. The highest BCUT2D eigenvalue weighted by Gasteiger charge is 2.55. The average Bonchev–Trinajstić information content (AvgIpc) is 3.28. The lowest BCUT2D eigenvalue weighted by molar-refractivity contribution is -0.145. The first kappa shape index (κ1) is 24.6. The number of carbonyl (C=O) groups excluding carboxylic acids is 1. The van der Waals surface area contributed by atoms with E-state index in [4.69, 9.17) is 0 Å². The Labute approximate surface area is 198 Å². The van der Waals surface area contributed by atoms with Gasteiger partial charge in [-0.15, -0.1) is 0 Å². The summed E-state index contributed by atoms with van der Waals surface area (Å²) >= 11 is 0. The molecule has 2 fully saturated rings. The lowest BCUT2D eigenvalue weighted by Crippen LogP contribution is -2.49. The molecular weight excluding hydrogens is 464 g/mol. The van der Waals surface area contributed by atoms with E-state index in [1.54, 1.807) is 24.0 Å². The molecule has 34 heavy (non-hydrogen) atoms. The zero-order valence-electron chi connectivity index (χ0n) is 19.0. The van der Waals surface area contributed by atoms with E-state index in [0.29, 0.717) is 31.3 Å². The number of carboxylic acid groups (broad SMARTS) is 1. The topological polar surface area (TPSA) is 91.8 Å². The minimum Gasteiger partial charge on any atom is -0.481 e. The summed E-state index contributed by atoms with van der Waals surface area (Å²) in [5, 5.41) is 9.22. The molecule has 2 atom stereocenters. The van der Waals surface area contributed by atoms with Crippen LogP contribution in [-0.2, 0) is 19.4 Å². The molecule has 0 radical (unpaired) electrons. The summed E-state index contributed by atoms with van der Waals surface area (Å²) in [4.78, 5) is 26.0. The Kier molecular flexibility index (Phi) is 6.68. The van der Waals surface area contributed by atoms with Crippen molar-refractivity contribution < 1.29 is 31.9 Å². The fourth-order valence-electron chi connectivity index (χ4n) is 5.54. The minimum absolute atomic E-state index is 0.0507. The van der Waals surface area contributed by atoms with Gasteiger partial charge in [-0.1, -0.05) is 12.2 Å². The summed E-state index contributed by atoms with van der Waals surface area (Å²) in [6.45, 7) is 1.76. The second kappa shape index (κ2) is 9.24. The number of carbonyl (C=O) groups is 2. The lowest BCUT2D eigenvalue weighted by atomic mass is 9.81. The van der Waals surface area contributed by atoms with Crippen LogP contribution in [0.5, 0.6) is 0 Å². The smallest absolute Gasteiger partial charge is 0.306 e. The highest BCUT2D eigenvalue weighted by atomic mass is 32.2. The van der Waals surface area contributed by atoms with Crippen LogP contribution < -0.4 is 0 Å². The van der Waals surface area contributed by atoms with E-state index in [0.717, 1.165) is 12.1 Å². The van der Waals surface area contributed by atoms with Crippen molar-refractivity contribution in [2.45, 2.75) is 55.1 Å². The molecule has 184 valence electrons. The highest BCUT2D eigenvalue weighted by molar-refractivity contribution is 7.93. The second-order valence-electron chi connectivity index (χ2n) is 9.68. The van der Waals surface area contributed by atoms with Crippen LogP contribution in [0.3, 0.4) is 0 Å². The van der Waals surface area contributed by atoms with Crippen LogP contribution in [0.1, 0.15) is 45.4 Å². The monoisotopic (exact) mass is 493 g/mol. The molecule has 3 aliphatic rings. The number of hydrogen-bond acceptors (Lipinski definition) is 4. The zero-order valence-corrected chi connectivity index (χ0v) is 19.9. The zero-order chi connectivity index (χ0) is 24.7. The third-order valence-electron chi connectivity index (χ3n) is 7.74. The fraction of sp³-hybridized carbons (Fsp3) is 0.520. The number of likely N-dealkylation sites (tertiary alicyclic amines) is 1. The van der Waals surface area contributed by atoms with Gasteiger partial charge in [-0.2, -0.15) is 0 Å². The summed E-state index contributed by atoms with van der Waals surface area (Å²) in [5.74, 6) is -3.44. The Balaban J connectivity index is 1.63. The van der Waals surface area contributed by atoms with Gasteiger partial charge < -0.3 is 10.0 Å². The first-order valence-electron chi connectivity index (χ1n) is 11.6. The van der Waals surface area contributed by atoms with Gasteiger partial charge in [0.1, 0.15) is 16.4 Å². The van der Waals surface area contributed by atoms with Crippen molar-refractivity contribution in [2.75, 3.05) is 13.1 Å². The number of halogens is 2. The van der Waals surface area contributed by atoms with Gasteiger partial charge in [-0.05, 0) is 68.9 Å². The number of carboxylic acids is 1.